The Bertz CT molecular complexity index is 989. The predicted molar refractivity (Wildman–Crippen MR) is 115 cm³/mol. The van der Waals surface area contributed by atoms with E-state index in [1.165, 1.54) is 30.2 Å². The first-order valence-electron chi connectivity index (χ1n) is 8.76. The van der Waals surface area contributed by atoms with E-state index < -0.39 is 0 Å². The Labute approximate surface area is 177 Å². The lowest BCUT2D eigenvalue weighted by Gasteiger charge is -2.11. The van der Waals surface area contributed by atoms with Gasteiger partial charge in [0.1, 0.15) is 11.5 Å². The maximum Gasteiger partial charge on any atom is 0.230 e. The van der Waals surface area contributed by atoms with E-state index in [4.69, 9.17) is 9.47 Å². The highest BCUT2D eigenvalue weighted by Crippen LogP contribution is 2.29. The zero-order valence-corrected chi connectivity index (χ0v) is 17.6. The summed E-state index contributed by atoms with van der Waals surface area (Å²) in [5.41, 5.74) is 1.91. The van der Waals surface area contributed by atoms with Gasteiger partial charge < -0.3 is 14.8 Å². The largest absolute Gasteiger partial charge is 0.497 e. The maximum atomic E-state index is 12.4. The van der Waals surface area contributed by atoms with Gasteiger partial charge in [-0.25, -0.2) is 4.98 Å². The van der Waals surface area contributed by atoms with Crippen LogP contribution in [0, 0.1) is 0 Å². The third kappa shape index (κ3) is 5.82. The van der Waals surface area contributed by atoms with Crippen molar-refractivity contribution in [1.82, 2.24) is 4.98 Å². The lowest BCUT2D eigenvalue weighted by Crippen LogP contribution is -2.15. The SMILES string of the molecule is COc1ccc(NC(=O)Cc2csc(SCC(=O)c3ccccc3)n2)c(OC)c1. The van der Waals surface area contributed by atoms with Crippen molar-refractivity contribution < 1.29 is 19.1 Å². The number of rotatable bonds is 9. The van der Waals surface area contributed by atoms with Gasteiger partial charge in [0.05, 0.1) is 37.8 Å². The van der Waals surface area contributed by atoms with Crippen LogP contribution in [0.15, 0.2) is 58.3 Å². The smallest absolute Gasteiger partial charge is 0.230 e. The molecule has 0 fully saturated rings. The minimum atomic E-state index is -0.198. The third-order valence-corrected chi connectivity index (χ3v) is 6.05. The number of Topliss-reactive ketones (excluding diaryl/α,β-unsaturated/α-hetero) is 1. The van der Waals surface area contributed by atoms with Crippen LogP contribution in [0.4, 0.5) is 5.69 Å². The van der Waals surface area contributed by atoms with Gasteiger partial charge in [-0.1, -0.05) is 42.1 Å². The van der Waals surface area contributed by atoms with Gasteiger partial charge in [-0.3, -0.25) is 9.59 Å². The maximum absolute atomic E-state index is 12.4. The van der Waals surface area contributed by atoms with E-state index in [9.17, 15) is 9.59 Å². The standard InChI is InChI=1S/C21H20N2O4S2/c1-26-16-8-9-17(19(11-16)27-2)23-20(25)10-15-12-28-21(22-15)29-13-18(24)14-6-4-3-5-7-14/h3-9,11-12H,10,13H2,1-2H3,(H,23,25). The number of nitrogens with one attached hydrogen (secondary N) is 1. The molecule has 3 rings (SSSR count). The van der Waals surface area contributed by atoms with E-state index >= 15 is 0 Å². The van der Waals surface area contributed by atoms with Crippen LogP contribution >= 0.6 is 23.1 Å². The van der Waals surface area contributed by atoms with Crippen molar-refractivity contribution >= 4 is 40.5 Å². The Balaban J connectivity index is 1.54. The molecular formula is C21H20N2O4S2. The number of aromatic nitrogens is 1. The van der Waals surface area contributed by atoms with Crippen molar-refractivity contribution in [1.29, 1.82) is 0 Å². The monoisotopic (exact) mass is 428 g/mol. The Hall–Kier alpha value is -2.84. The van der Waals surface area contributed by atoms with Crippen LogP contribution in [-0.2, 0) is 11.2 Å². The fraction of sp³-hybridized carbons (Fsp3) is 0.190. The Morgan fingerprint density at radius 3 is 2.62 bits per heavy atom. The minimum absolute atomic E-state index is 0.0525. The molecule has 0 radical (unpaired) electrons. The summed E-state index contributed by atoms with van der Waals surface area (Å²) in [6.07, 6.45) is 0.138. The first kappa shape index (κ1) is 20.9. The van der Waals surface area contributed by atoms with Gasteiger partial charge >= 0.3 is 0 Å². The highest BCUT2D eigenvalue weighted by atomic mass is 32.2. The number of hydrogen-bond acceptors (Lipinski definition) is 7. The van der Waals surface area contributed by atoms with E-state index in [2.05, 4.69) is 10.3 Å². The molecule has 1 heterocycles. The van der Waals surface area contributed by atoms with Gasteiger partial charge in [0, 0.05) is 17.0 Å². The summed E-state index contributed by atoms with van der Waals surface area (Å²) < 4.78 is 11.2. The van der Waals surface area contributed by atoms with Crippen molar-refractivity contribution in [2.24, 2.45) is 0 Å². The van der Waals surface area contributed by atoms with Crippen molar-refractivity contribution in [3.05, 3.63) is 65.2 Å². The Morgan fingerprint density at radius 1 is 1.10 bits per heavy atom. The molecular weight excluding hydrogens is 408 g/mol. The first-order valence-corrected chi connectivity index (χ1v) is 10.6. The molecule has 150 valence electrons. The molecule has 0 aliphatic heterocycles. The molecule has 6 nitrogen and oxygen atoms in total. The minimum Gasteiger partial charge on any atom is -0.497 e. The fourth-order valence-corrected chi connectivity index (χ4v) is 4.27. The number of thiazole rings is 1. The highest BCUT2D eigenvalue weighted by Gasteiger charge is 2.13. The van der Waals surface area contributed by atoms with Gasteiger partial charge in [-0.2, -0.15) is 0 Å². The number of carbonyl (C=O) groups excluding carboxylic acids is 2. The number of benzene rings is 2. The van der Waals surface area contributed by atoms with E-state index in [1.54, 1.807) is 37.4 Å². The Kier molecular flexibility index (Phi) is 7.26. The highest BCUT2D eigenvalue weighted by molar-refractivity contribution is 8.01. The molecule has 29 heavy (non-hydrogen) atoms. The van der Waals surface area contributed by atoms with Crippen LogP contribution in [0.25, 0.3) is 0 Å². The van der Waals surface area contributed by atoms with Crippen molar-refractivity contribution in [3.8, 4) is 11.5 Å². The molecule has 1 N–H and O–H groups in total. The van der Waals surface area contributed by atoms with Gasteiger partial charge in [-0.05, 0) is 12.1 Å². The molecule has 2 aromatic carbocycles. The van der Waals surface area contributed by atoms with E-state index in [1.807, 2.05) is 23.6 Å². The molecule has 1 amide bonds. The number of thioether (sulfide) groups is 1. The van der Waals surface area contributed by atoms with Crippen LogP contribution in [0.5, 0.6) is 11.5 Å². The summed E-state index contributed by atoms with van der Waals surface area (Å²) >= 11 is 2.80. The molecule has 8 heteroatoms. The first-order chi connectivity index (χ1) is 14.1. The summed E-state index contributed by atoms with van der Waals surface area (Å²) in [5.74, 6) is 1.33. The second-order valence-corrected chi connectivity index (χ2v) is 8.05. The number of ether oxygens (including phenoxy) is 2. The van der Waals surface area contributed by atoms with Gasteiger partial charge in [0.2, 0.25) is 5.91 Å². The molecule has 0 atom stereocenters. The lowest BCUT2D eigenvalue weighted by molar-refractivity contribution is -0.115. The third-order valence-electron chi connectivity index (χ3n) is 3.98. The molecule has 0 unspecified atom stereocenters. The second kappa shape index (κ2) is 10.1. The zero-order chi connectivity index (χ0) is 20.6. The van der Waals surface area contributed by atoms with Crippen LogP contribution in [0.2, 0.25) is 0 Å². The van der Waals surface area contributed by atoms with Gasteiger partial charge in [0.15, 0.2) is 10.1 Å². The number of hydrogen-bond donors (Lipinski definition) is 1. The molecule has 1 aromatic heterocycles. The number of nitrogens with zero attached hydrogens (tertiary/aromatic N) is 1. The van der Waals surface area contributed by atoms with E-state index in [0.29, 0.717) is 34.2 Å². The van der Waals surface area contributed by atoms with E-state index in [-0.39, 0.29) is 18.1 Å². The van der Waals surface area contributed by atoms with Crippen LogP contribution in [0.1, 0.15) is 16.1 Å². The second-order valence-electron chi connectivity index (χ2n) is 5.97. The van der Waals surface area contributed by atoms with Gasteiger partial charge in [-0.15, -0.1) is 11.3 Å². The molecule has 0 aliphatic carbocycles. The average molecular weight is 429 g/mol. The molecule has 3 aromatic rings. The van der Waals surface area contributed by atoms with Crippen LogP contribution in [0.3, 0.4) is 0 Å². The molecule has 0 bridgehead atoms. The van der Waals surface area contributed by atoms with Crippen molar-refractivity contribution in [2.45, 2.75) is 10.8 Å². The zero-order valence-electron chi connectivity index (χ0n) is 16.0. The number of carbonyl (C=O) groups is 2. The molecule has 0 aliphatic rings. The Morgan fingerprint density at radius 2 is 1.90 bits per heavy atom. The average Bonchev–Trinajstić information content (AvgIpc) is 3.20. The summed E-state index contributed by atoms with van der Waals surface area (Å²) in [4.78, 5) is 29.0. The molecule has 0 saturated carbocycles. The summed E-state index contributed by atoms with van der Waals surface area (Å²) in [5, 5.41) is 4.66. The normalized spacial score (nSPS) is 10.4. The number of anilines is 1. The van der Waals surface area contributed by atoms with E-state index in [0.717, 1.165) is 4.34 Å². The number of methoxy groups -OCH3 is 2. The van der Waals surface area contributed by atoms with Crippen molar-refractivity contribution in [3.63, 3.8) is 0 Å². The number of ketones is 1. The topological polar surface area (TPSA) is 77.5 Å². The number of amides is 1. The quantitative estimate of drug-likeness (QED) is 0.404. The van der Waals surface area contributed by atoms with Crippen LogP contribution < -0.4 is 14.8 Å². The predicted octanol–water partition coefficient (Wildman–Crippen LogP) is 4.32. The summed E-state index contributed by atoms with van der Waals surface area (Å²) in [6.45, 7) is 0. The summed E-state index contributed by atoms with van der Waals surface area (Å²) in [6, 6.07) is 14.3. The van der Waals surface area contributed by atoms with Crippen molar-refractivity contribution in [2.75, 3.05) is 25.3 Å². The molecule has 0 spiro atoms. The molecule has 0 saturated heterocycles. The fourth-order valence-electron chi connectivity index (χ4n) is 2.53. The van der Waals surface area contributed by atoms with Gasteiger partial charge in [0.25, 0.3) is 0 Å². The van der Waals surface area contributed by atoms with Crippen LogP contribution in [-0.4, -0.2) is 36.6 Å². The lowest BCUT2D eigenvalue weighted by atomic mass is 10.2. The summed E-state index contributed by atoms with van der Waals surface area (Å²) in [7, 11) is 3.10.